The Kier molecular flexibility index (Phi) is 5.13. The van der Waals surface area contributed by atoms with E-state index in [1.165, 1.54) is 21.4 Å². The number of hydrogen-bond donors (Lipinski definition) is 1. The topological polar surface area (TPSA) is 90.2 Å². The molecule has 0 aliphatic carbocycles. The van der Waals surface area contributed by atoms with Gasteiger partial charge in [-0.1, -0.05) is 18.2 Å². The lowest BCUT2D eigenvalue weighted by molar-refractivity contribution is -0.143. The monoisotopic (exact) mass is 455 g/mol. The molecule has 0 atom stereocenters. The van der Waals surface area contributed by atoms with Crippen molar-refractivity contribution in [2.45, 2.75) is 31.7 Å². The Hall–Kier alpha value is -2.65. The van der Waals surface area contributed by atoms with Gasteiger partial charge in [0.2, 0.25) is 0 Å². The number of nitrogens with two attached hydrogens (primary N) is 1. The first-order valence-electron chi connectivity index (χ1n) is 11.2. The Morgan fingerprint density at radius 1 is 1.06 bits per heavy atom. The number of benzene rings is 1. The van der Waals surface area contributed by atoms with Gasteiger partial charge in [-0.2, -0.15) is 0 Å². The average molecular weight is 456 g/mol. The number of hydrogen-bond acceptors (Lipinski definition) is 6. The highest BCUT2D eigenvalue weighted by molar-refractivity contribution is 7.23. The van der Waals surface area contributed by atoms with Crippen molar-refractivity contribution in [1.29, 1.82) is 0 Å². The quantitative estimate of drug-likeness (QED) is 0.700. The standard InChI is InChI=1S/C23H29N5O3S/c1-25-21(30)23(22(31)26(25)2)10-5-11-28(14-23)15-8-12-27(13-9-15)20(29)18-16-6-3-4-7-17(16)32-19(18)24/h3-4,6-7,15H,5,8-14,24H2,1-2H3. The fourth-order valence-electron chi connectivity index (χ4n) is 5.61. The Morgan fingerprint density at radius 2 is 1.72 bits per heavy atom. The zero-order valence-corrected chi connectivity index (χ0v) is 19.4. The van der Waals surface area contributed by atoms with E-state index in [4.69, 9.17) is 5.73 Å². The molecule has 3 aliphatic heterocycles. The van der Waals surface area contributed by atoms with Crippen LogP contribution in [0.2, 0.25) is 0 Å². The first-order chi connectivity index (χ1) is 15.3. The van der Waals surface area contributed by atoms with Crippen LogP contribution in [0.5, 0.6) is 0 Å². The third-order valence-electron chi connectivity index (χ3n) is 7.48. The van der Waals surface area contributed by atoms with Gasteiger partial charge in [-0.25, -0.2) is 0 Å². The van der Waals surface area contributed by atoms with E-state index in [0.717, 1.165) is 35.9 Å². The van der Waals surface area contributed by atoms with Gasteiger partial charge in [0.1, 0.15) is 5.41 Å². The molecule has 3 aliphatic rings. The second-order valence-electron chi connectivity index (χ2n) is 9.17. The van der Waals surface area contributed by atoms with Crippen molar-refractivity contribution in [2.75, 3.05) is 46.0 Å². The van der Waals surface area contributed by atoms with Crippen molar-refractivity contribution < 1.29 is 14.4 Å². The summed E-state index contributed by atoms with van der Waals surface area (Å²) in [5.41, 5.74) is 5.88. The predicted molar refractivity (Wildman–Crippen MR) is 124 cm³/mol. The minimum absolute atomic E-state index is 0.00193. The number of piperidine rings is 2. The number of likely N-dealkylation sites (tertiary alicyclic amines) is 2. The smallest absolute Gasteiger partial charge is 0.257 e. The Bertz CT molecular complexity index is 1070. The fraction of sp³-hybridized carbons (Fsp3) is 0.522. The molecule has 9 heteroatoms. The summed E-state index contributed by atoms with van der Waals surface area (Å²) in [5.74, 6) is -0.192. The highest BCUT2D eigenvalue weighted by Crippen LogP contribution is 2.40. The molecular weight excluding hydrogens is 426 g/mol. The summed E-state index contributed by atoms with van der Waals surface area (Å²) < 4.78 is 1.03. The molecule has 4 heterocycles. The molecule has 0 bridgehead atoms. The minimum atomic E-state index is -0.946. The molecule has 3 amide bonds. The van der Waals surface area contributed by atoms with Gasteiger partial charge in [0, 0.05) is 49.9 Å². The number of carbonyl (C=O) groups excluding carboxylic acids is 3. The molecule has 8 nitrogen and oxygen atoms in total. The van der Waals surface area contributed by atoms with Crippen LogP contribution in [0.25, 0.3) is 10.1 Å². The molecule has 1 aromatic carbocycles. The van der Waals surface area contributed by atoms with Crippen molar-refractivity contribution in [3.05, 3.63) is 29.8 Å². The SMILES string of the molecule is CN1C(=O)C2(CCCN(C3CCN(C(=O)c4c(N)sc5ccccc45)CC3)C2)C(=O)N1C. The fourth-order valence-corrected chi connectivity index (χ4v) is 6.57. The van der Waals surface area contributed by atoms with Crippen LogP contribution in [-0.2, 0) is 9.59 Å². The lowest BCUT2D eigenvalue weighted by Crippen LogP contribution is -2.56. The molecule has 0 saturated carbocycles. The van der Waals surface area contributed by atoms with E-state index in [0.29, 0.717) is 36.6 Å². The second-order valence-corrected chi connectivity index (χ2v) is 10.3. The predicted octanol–water partition coefficient (Wildman–Crippen LogP) is 2.02. The van der Waals surface area contributed by atoms with Gasteiger partial charge in [0.25, 0.3) is 17.7 Å². The van der Waals surface area contributed by atoms with E-state index in [9.17, 15) is 14.4 Å². The van der Waals surface area contributed by atoms with Gasteiger partial charge in [-0.3, -0.25) is 29.3 Å². The Balaban J connectivity index is 1.28. The number of nitrogen functional groups attached to an aromatic ring is 1. The first kappa shape index (κ1) is 21.2. The van der Waals surface area contributed by atoms with Crippen LogP contribution >= 0.6 is 11.3 Å². The second kappa shape index (κ2) is 7.74. The lowest BCUT2D eigenvalue weighted by Gasteiger charge is -2.44. The highest BCUT2D eigenvalue weighted by atomic mass is 32.1. The lowest BCUT2D eigenvalue weighted by atomic mass is 9.78. The molecule has 1 spiro atoms. The summed E-state index contributed by atoms with van der Waals surface area (Å²) >= 11 is 1.46. The molecule has 32 heavy (non-hydrogen) atoms. The van der Waals surface area contributed by atoms with E-state index in [1.54, 1.807) is 14.1 Å². The summed E-state index contributed by atoms with van der Waals surface area (Å²) in [4.78, 5) is 43.3. The number of hydrazine groups is 1. The summed E-state index contributed by atoms with van der Waals surface area (Å²) in [6.07, 6.45) is 3.10. The van der Waals surface area contributed by atoms with E-state index in [1.807, 2.05) is 29.2 Å². The van der Waals surface area contributed by atoms with E-state index in [-0.39, 0.29) is 23.8 Å². The van der Waals surface area contributed by atoms with Crippen LogP contribution in [0, 0.1) is 5.41 Å². The number of carbonyl (C=O) groups is 3. The molecule has 2 aromatic rings. The van der Waals surface area contributed by atoms with Gasteiger partial charge in [-0.05, 0) is 38.3 Å². The number of thiophene rings is 1. The number of nitrogens with zero attached hydrogens (tertiary/aromatic N) is 4. The van der Waals surface area contributed by atoms with Crippen LogP contribution < -0.4 is 5.73 Å². The number of anilines is 1. The van der Waals surface area contributed by atoms with Gasteiger partial charge < -0.3 is 10.6 Å². The van der Waals surface area contributed by atoms with Gasteiger partial charge in [0.15, 0.2) is 0 Å². The van der Waals surface area contributed by atoms with Crippen LogP contribution in [0.1, 0.15) is 36.0 Å². The van der Waals surface area contributed by atoms with Crippen molar-refractivity contribution >= 4 is 44.1 Å². The van der Waals surface area contributed by atoms with Crippen LogP contribution in [0.4, 0.5) is 5.00 Å². The third-order valence-corrected chi connectivity index (χ3v) is 8.48. The third kappa shape index (κ3) is 3.09. The summed E-state index contributed by atoms with van der Waals surface area (Å²) in [5, 5.41) is 4.39. The average Bonchev–Trinajstić information content (AvgIpc) is 3.23. The maximum Gasteiger partial charge on any atom is 0.257 e. The molecule has 0 unspecified atom stereocenters. The molecule has 5 rings (SSSR count). The summed E-state index contributed by atoms with van der Waals surface area (Å²) in [7, 11) is 3.33. The van der Waals surface area contributed by atoms with Crippen LogP contribution in [-0.4, -0.2) is 83.9 Å². The van der Waals surface area contributed by atoms with Crippen molar-refractivity contribution in [1.82, 2.24) is 19.8 Å². The van der Waals surface area contributed by atoms with Gasteiger partial charge >= 0.3 is 0 Å². The first-order valence-corrected chi connectivity index (χ1v) is 12.0. The molecule has 170 valence electrons. The highest BCUT2D eigenvalue weighted by Gasteiger charge is 2.58. The molecule has 0 radical (unpaired) electrons. The van der Waals surface area contributed by atoms with Crippen molar-refractivity contribution in [3.8, 4) is 0 Å². The Labute approximate surface area is 191 Å². The van der Waals surface area contributed by atoms with Crippen LogP contribution in [0.3, 0.4) is 0 Å². The normalized spacial score (nSPS) is 22.5. The molecular formula is C23H29N5O3S. The molecule has 1 aromatic heterocycles. The zero-order chi connectivity index (χ0) is 22.6. The maximum atomic E-state index is 13.3. The summed E-state index contributed by atoms with van der Waals surface area (Å²) in [6, 6.07) is 8.11. The van der Waals surface area contributed by atoms with E-state index in [2.05, 4.69) is 4.90 Å². The Morgan fingerprint density at radius 3 is 2.41 bits per heavy atom. The van der Waals surface area contributed by atoms with Crippen molar-refractivity contribution in [3.63, 3.8) is 0 Å². The van der Waals surface area contributed by atoms with Gasteiger partial charge in [-0.15, -0.1) is 11.3 Å². The largest absolute Gasteiger partial charge is 0.390 e. The molecule has 3 saturated heterocycles. The maximum absolute atomic E-state index is 13.3. The molecule has 2 N–H and O–H groups in total. The van der Waals surface area contributed by atoms with E-state index < -0.39 is 5.41 Å². The summed E-state index contributed by atoms with van der Waals surface area (Å²) in [6.45, 7) is 2.66. The van der Waals surface area contributed by atoms with Crippen LogP contribution in [0.15, 0.2) is 24.3 Å². The van der Waals surface area contributed by atoms with Crippen molar-refractivity contribution in [2.24, 2.45) is 5.41 Å². The number of rotatable bonds is 2. The number of fused-ring (bicyclic) bond motifs is 1. The van der Waals surface area contributed by atoms with Gasteiger partial charge in [0.05, 0.1) is 10.6 Å². The zero-order valence-electron chi connectivity index (χ0n) is 18.5. The minimum Gasteiger partial charge on any atom is -0.390 e. The number of amides is 3. The molecule has 3 fully saturated rings. The van der Waals surface area contributed by atoms with E-state index >= 15 is 0 Å².